The molecule has 0 radical (unpaired) electrons. The van der Waals surface area contributed by atoms with Crippen LogP contribution in [-0.2, 0) is 10.0 Å². The number of amidine groups is 1. The van der Waals surface area contributed by atoms with Gasteiger partial charge in [0.25, 0.3) is 0 Å². The van der Waals surface area contributed by atoms with Crippen LogP contribution in [0.25, 0.3) is 0 Å². The van der Waals surface area contributed by atoms with E-state index in [1.807, 2.05) is 0 Å². The molecule has 1 rings (SSSR count). The lowest BCUT2D eigenvalue weighted by Crippen LogP contribution is -2.39. The van der Waals surface area contributed by atoms with Crippen LogP contribution >= 0.6 is 0 Å². The Morgan fingerprint density at radius 2 is 2.10 bits per heavy atom. The summed E-state index contributed by atoms with van der Waals surface area (Å²) in [5, 5.41) is 11.2. The van der Waals surface area contributed by atoms with Gasteiger partial charge in [-0.15, -0.1) is 0 Å². The molecule has 6 nitrogen and oxygen atoms in total. The van der Waals surface area contributed by atoms with Crippen LogP contribution in [0.4, 0.5) is 8.78 Å². The third kappa shape index (κ3) is 3.64. The quantitative estimate of drug-likeness (QED) is 0.356. The number of halogens is 2. The second-order valence-electron chi connectivity index (χ2n) is 4.00. The van der Waals surface area contributed by atoms with E-state index in [1.54, 1.807) is 6.92 Å². The summed E-state index contributed by atoms with van der Waals surface area (Å²) in [6.45, 7) is 1.31. The van der Waals surface area contributed by atoms with Crippen molar-refractivity contribution < 1.29 is 22.4 Å². The lowest BCUT2D eigenvalue weighted by molar-refractivity contribution is 0.314. The monoisotopic (exact) mass is 307 g/mol. The van der Waals surface area contributed by atoms with E-state index in [4.69, 9.17) is 10.9 Å². The number of oxime groups is 1. The van der Waals surface area contributed by atoms with Crippen LogP contribution in [0.1, 0.15) is 13.3 Å². The number of sulfonamides is 1. The van der Waals surface area contributed by atoms with E-state index in [0.29, 0.717) is 12.5 Å². The summed E-state index contributed by atoms with van der Waals surface area (Å²) < 4.78 is 52.1. The number of nitrogens with two attached hydrogens (primary N) is 1. The topological polar surface area (TPSA) is 96.0 Å². The highest BCUT2D eigenvalue weighted by atomic mass is 32.2. The van der Waals surface area contributed by atoms with Crippen molar-refractivity contribution in [3.8, 4) is 0 Å². The molecule has 9 heteroatoms. The molecule has 0 aliphatic rings. The number of rotatable bonds is 6. The van der Waals surface area contributed by atoms with Gasteiger partial charge in [-0.05, 0) is 24.6 Å². The van der Waals surface area contributed by atoms with E-state index >= 15 is 0 Å². The highest BCUT2D eigenvalue weighted by Crippen LogP contribution is 2.20. The van der Waals surface area contributed by atoms with Gasteiger partial charge in [-0.1, -0.05) is 12.1 Å². The van der Waals surface area contributed by atoms with Gasteiger partial charge in [-0.3, -0.25) is 0 Å². The lowest BCUT2D eigenvalue weighted by atomic mass is 10.3. The maximum atomic E-state index is 13.6. The summed E-state index contributed by atoms with van der Waals surface area (Å²) in [5.74, 6) is -2.28. The fourth-order valence-corrected chi connectivity index (χ4v) is 3.14. The minimum absolute atomic E-state index is 0.0223. The molecule has 0 saturated carbocycles. The van der Waals surface area contributed by atoms with Crippen LogP contribution in [-0.4, -0.2) is 36.9 Å². The Kier molecular flexibility index (Phi) is 5.40. The summed E-state index contributed by atoms with van der Waals surface area (Å²) in [6.07, 6.45) is 0.425. The van der Waals surface area contributed by atoms with Crippen molar-refractivity contribution in [1.29, 1.82) is 0 Å². The van der Waals surface area contributed by atoms with E-state index in [1.165, 1.54) is 0 Å². The van der Waals surface area contributed by atoms with Crippen LogP contribution in [0, 0.1) is 11.6 Å². The van der Waals surface area contributed by atoms with Gasteiger partial charge < -0.3 is 10.9 Å². The Morgan fingerprint density at radius 1 is 1.45 bits per heavy atom. The SMILES string of the molecule is CCCN(CC(N)=NO)S(=O)(=O)c1cc(F)ccc1F. The molecule has 0 aromatic heterocycles. The third-order valence-electron chi connectivity index (χ3n) is 2.45. The zero-order valence-corrected chi connectivity index (χ0v) is 11.6. The first-order chi connectivity index (χ1) is 9.32. The third-order valence-corrected chi connectivity index (χ3v) is 4.31. The number of nitrogens with zero attached hydrogens (tertiary/aromatic N) is 2. The largest absolute Gasteiger partial charge is 0.409 e. The smallest absolute Gasteiger partial charge is 0.246 e. The van der Waals surface area contributed by atoms with Gasteiger partial charge in [0.2, 0.25) is 10.0 Å². The van der Waals surface area contributed by atoms with Gasteiger partial charge in [0.15, 0.2) is 5.84 Å². The molecule has 1 aromatic rings. The fourth-order valence-electron chi connectivity index (χ4n) is 1.56. The minimum Gasteiger partial charge on any atom is -0.409 e. The summed E-state index contributed by atoms with van der Waals surface area (Å²) in [5.41, 5.74) is 5.27. The highest BCUT2D eigenvalue weighted by Gasteiger charge is 2.28. The molecule has 0 unspecified atom stereocenters. The zero-order valence-electron chi connectivity index (χ0n) is 10.8. The van der Waals surface area contributed by atoms with Crippen molar-refractivity contribution in [2.45, 2.75) is 18.2 Å². The van der Waals surface area contributed by atoms with Gasteiger partial charge in [0, 0.05) is 6.54 Å². The second kappa shape index (κ2) is 6.62. The van der Waals surface area contributed by atoms with Crippen molar-refractivity contribution in [3.05, 3.63) is 29.8 Å². The number of hydrogen-bond donors (Lipinski definition) is 2. The normalized spacial score (nSPS) is 12.9. The van der Waals surface area contributed by atoms with E-state index in [-0.39, 0.29) is 12.4 Å². The number of benzene rings is 1. The molecule has 0 fully saturated rings. The Labute approximate surface area is 115 Å². The molecule has 0 heterocycles. The minimum atomic E-state index is -4.28. The second-order valence-corrected chi connectivity index (χ2v) is 5.91. The Morgan fingerprint density at radius 3 is 2.65 bits per heavy atom. The standard InChI is InChI=1S/C11H15F2N3O3S/c1-2-5-16(7-11(14)15-17)20(18,19)10-6-8(12)3-4-9(10)13/h3-4,6,17H,2,5,7H2,1H3,(H2,14,15). The summed E-state index contributed by atoms with van der Waals surface area (Å²) >= 11 is 0. The van der Waals surface area contributed by atoms with E-state index in [2.05, 4.69) is 5.16 Å². The average molecular weight is 307 g/mol. The van der Waals surface area contributed by atoms with Crippen LogP contribution in [0.15, 0.2) is 28.3 Å². The van der Waals surface area contributed by atoms with Crippen LogP contribution < -0.4 is 5.73 Å². The van der Waals surface area contributed by atoms with Gasteiger partial charge in [-0.2, -0.15) is 4.31 Å². The average Bonchev–Trinajstić information content (AvgIpc) is 2.40. The molecule has 112 valence electrons. The van der Waals surface area contributed by atoms with Crippen molar-refractivity contribution in [2.75, 3.05) is 13.1 Å². The van der Waals surface area contributed by atoms with E-state index < -0.39 is 33.1 Å². The summed E-state index contributed by atoms with van der Waals surface area (Å²) in [4.78, 5) is -0.781. The molecule has 0 amide bonds. The first-order valence-electron chi connectivity index (χ1n) is 5.74. The Bertz CT molecular complexity index is 605. The molecule has 0 atom stereocenters. The predicted molar refractivity (Wildman–Crippen MR) is 68.8 cm³/mol. The van der Waals surface area contributed by atoms with Crippen LogP contribution in [0.2, 0.25) is 0 Å². The first kappa shape index (κ1) is 16.3. The Balaban J connectivity index is 3.25. The van der Waals surface area contributed by atoms with Crippen molar-refractivity contribution in [3.63, 3.8) is 0 Å². The summed E-state index contributed by atoms with van der Waals surface area (Å²) in [7, 11) is -4.28. The van der Waals surface area contributed by atoms with E-state index in [0.717, 1.165) is 16.4 Å². The van der Waals surface area contributed by atoms with Gasteiger partial charge in [0.1, 0.15) is 16.5 Å². The molecule has 0 spiro atoms. The lowest BCUT2D eigenvalue weighted by Gasteiger charge is -2.21. The van der Waals surface area contributed by atoms with Crippen molar-refractivity contribution in [1.82, 2.24) is 4.31 Å². The molecule has 0 aliphatic heterocycles. The first-order valence-corrected chi connectivity index (χ1v) is 7.18. The summed E-state index contributed by atoms with van der Waals surface area (Å²) in [6, 6.07) is 2.15. The van der Waals surface area contributed by atoms with Gasteiger partial charge in [0.05, 0.1) is 6.54 Å². The van der Waals surface area contributed by atoms with Gasteiger partial charge in [-0.25, -0.2) is 17.2 Å². The molecular weight excluding hydrogens is 292 g/mol. The van der Waals surface area contributed by atoms with E-state index in [9.17, 15) is 17.2 Å². The molecule has 0 bridgehead atoms. The molecule has 20 heavy (non-hydrogen) atoms. The van der Waals surface area contributed by atoms with Crippen LogP contribution in [0.5, 0.6) is 0 Å². The molecule has 0 aliphatic carbocycles. The van der Waals surface area contributed by atoms with Crippen molar-refractivity contribution >= 4 is 15.9 Å². The molecule has 3 N–H and O–H groups in total. The fraction of sp³-hybridized carbons (Fsp3) is 0.364. The molecular formula is C11H15F2N3O3S. The molecule has 0 saturated heterocycles. The number of hydrogen-bond acceptors (Lipinski definition) is 4. The maximum Gasteiger partial charge on any atom is 0.246 e. The maximum absolute atomic E-state index is 13.6. The molecule has 1 aromatic carbocycles. The van der Waals surface area contributed by atoms with Crippen molar-refractivity contribution in [2.24, 2.45) is 10.9 Å². The zero-order chi connectivity index (χ0) is 15.3. The van der Waals surface area contributed by atoms with Crippen LogP contribution in [0.3, 0.4) is 0 Å². The van der Waals surface area contributed by atoms with Gasteiger partial charge >= 0.3 is 0 Å². The highest BCUT2D eigenvalue weighted by molar-refractivity contribution is 7.89. The predicted octanol–water partition coefficient (Wildman–Crippen LogP) is 1.11. The Hall–Kier alpha value is -1.74.